The van der Waals surface area contributed by atoms with Crippen molar-refractivity contribution in [3.8, 4) is 6.07 Å². The van der Waals surface area contributed by atoms with Gasteiger partial charge in [0, 0.05) is 11.3 Å². The zero-order valence-corrected chi connectivity index (χ0v) is 9.56. The van der Waals surface area contributed by atoms with E-state index in [1.165, 1.54) is 0 Å². The van der Waals surface area contributed by atoms with Crippen LogP contribution in [0, 0.1) is 11.3 Å². The Balaban J connectivity index is 3.04. The zero-order chi connectivity index (χ0) is 12.1. The van der Waals surface area contributed by atoms with Crippen LogP contribution in [0.5, 0.6) is 0 Å². The number of nitrogens with two attached hydrogens (primary N) is 1. The molecule has 0 spiro atoms. The van der Waals surface area contributed by atoms with E-state index >= 15 is 0 Å². The summed E-state index contributed by atoms with van der Waals surface area (Å²) in [7, 11) is 0. The van der Waals surface area contributed by atoms with Crippen LogP contribution in [0.1, 0.15) is 23.7 Å². The Morgan fingerprint density at radius 1 is 1.44 bits per heavy atom. The highest BCUT2D eigenvalue weighted by Crippen LogP contribution is 2.25. The highest BCUT2D eigenvalue weighted by atomic mass is 32.1. The minimum absolute atomic E-state index is 0.216. The summed E-state index contributed by atoms with van der Waals surface area (Å²) in [4.78, 5) is 0. The molecular weight excluding hydrogens is 224 g/mol. The average molecular weight is 238 g/mol. The highest BCUT2D eigenvalue weighted by Gasteiger charge is 2.21. The molecule has 1 aromatic rings. The molecule has 86 valence electrons. The molecule has 0 amide bonds. The third-order valence-corrected chi connectivity index (χ3v) is 2.61. The number of nitriles is 1. The molecule has 0 fully saturated rings. The lowest BCUT2D eigenvalue weighted by Gasteiger charge is -2.18. The summed E-state index contributed by atoms with van der Waals surface area (Å²) in [5, 5.41) is 28.4. The Kier molecular flexibility index (Phi) is 4.62. The highest BCUT2D eigenvalue weighted by molar-refractivity contribution is 7.80. The quantitative estimate of drug-likeness (QED) is 0.462. The first kappa shape index (κ1) is 12.8. The maximum Gasteiger partial charge on any atom is 0.106 e. The van der Waals surface area contributed by atoms with Crippen LogP contribution in [-0.2, 0) is 0 Å². The lowest BCUT2D eigenvalue weighted by Crippen LogP contribution is -2.20. The van der Waals surface area contributed by atoms with Crippen LogP contribution in [0.15, 0.2) is 18.2 Å². The molecule has 0 bridgehead atoms. The van der Waals surface area contributed by atoms with Crippen molar-refractivity contribution in [1.82, 2.24) is 0 Å². The summed E-state index contributed by atoms with van der Waals surface area (Å²) in [6.45, 7) is 0. The van der Waals surface area contributed by atoms with Crippen LogP contribution in [0.2, 0.25) is 0 Å². The molecule has 0 heterocycles. The van der Waals surface area contributed by atoms with E-state index in [1.807, 2.05) is 6.07 Å². The van der Waals surface area contributed by atoms with Gasteiger partial charge in [-0.15, -0.1) is 0 Å². The van der Waals surface area contributed by atoms with E-state index in [1.54, 1.807) is 18.2 Å². The summed E-state index contributed by atoms with van der Waals surface area (Å²) >= 11 is 3.98. The maximum atomic E-state index is 9.87. The van der Waals surface area contributed by atoms with Crippen molar-refractivity contribution in [3.63, 3.8) is 0 Å². The molecular formula is C11H14N2O2S. The van der Waals surface area contributed by atoms with Crippen LogP contribution in [0.4, 0.5) is 5.69 Å². The lowest BCUT2D eigenvalue weighted by atomic mass is 9.97. The van der Waals surface area contributed by atoms with Crippen LogP contribution in [0.25, 0.3) is 0 Å². The molecule has 4 N–H and O–H groups in total. The molecule has 4 nitrogen and oxygen atoms in total. The molecule has 1 rings (SSSR count). The number of nitrogen functional groups attached to an aromatic ring is 1. The minimum atomic E-state index is -1.11. The Morgan fingerprint density at radius 3 is 2.69 bits per heavy atom. The van der Waals surface area contributed by atoms with Crippen LogP contribution < -0.4 is 5.73 Å². The van der Waals surface area contributed by atoms with Crippen molar-refractivity contribution in [1.29, 1.82) is 5.26 Å². The second-order valence-electron chi connectivity index (χ2n) is 3.45. The third-order valence-electron chi connectivity index (χ3n) is 2.35. The van der Waals surface area contributed by atoms with Gasteiger partial charge >= 0.3 is 0 Å². The van der Waals surface area contributed by atoms with E-state index in [0.717, 1.165) is 0 Å². The summed E-state index contributed by atoms with van der Waals surface area (Å²) in [5.41, 5.74) is 6.49. The first-order valence-electron chi connectivity index (χ1n) is 4.87. The Bertz CT molecular complexity index is 403. The van der Waals surface area contributed by atoms with Crippen molar-refractivity contribution in [3.05, 3.63) is 29.3 Å². The lowest BCUT2D eigenvalue weighted by molar-refractivity contribution is 0.0171. The number of aliphatic hydroxyl groups excluding tert-OH is 2. The number of rotatable bonds is 4. The molecule has 0 aliphatic rings. The van der Waals surface area contributed by atoms with Gasteiger partial charge in [0.2, 0.25) is 0 Å². The van der Waals surface area contributed by atoms with Crippen LogP contribution in [0.3, 0.4) is 0 Å². The van der Waals surface area contributed by atoms with Gasteiger partial charge in [0.1, 0.15) is 12.2 Å². The molecule has 0 aliphatic heterocycles. The van der Waals surface area contributed by atoms with Gasteiger partial charge in [-0.2, -0.15) is 17.9 Å². The van der Waals surface area contributed by atoms with E-state index in [4.69, 9.17) is 11.0 Å². The van der Waals surface area contributed by atoms with Crippen molar-refractivity contribution in [2.45, 2.75) is 18.6 Å². The second-order valence-corrected chi connectivity index (χ2v) is 3.89. The van der Waals surface area contributed by atoms with Crippen molar-refractivity contribution < 1.29 is 10.2 Å². The Labute approximate surface area is 99.7 Å². The smallest absolute Gasteiger partial charge is 0.106 e. The van der Waals surface area contributed by atoms with Gasteiger partial charge < -0.3 is 15.9 Å². The van der Waals surface area contributed by atoms with E-state index < -0.39 is 12.2 Å². The molecule has 5 heteroatoms. The summed E-state index contributed by atoms with van der Waals surface area (Å²) in [5.74, 6) is 0.461. The Hall–Kier alpha value is -1.22. The Morgan fingerprint density at radius 2 is 2.12 bits per heavy atom. The summed E-state index contributed by atoms with van der Waals surface area (Å²) < 4.78 is 0. The van der Waals surface area contributed by atoms with Gasteiger partial charge in [-0.1, -0.05) is 12.1 Å². The number of hydrogen-bond donors (Lipinski definition) is 4. The monoisotopic (exact) mass is 238 g/mol. The summed E-state index contributed by atoms with van der Waals surface area (Å²) in [6.07, 6.45) is -1.69. The van der Waals surface area contributed by atoms with Gasteiger partial charge in [-0.25, -0.2) is 0 Å². The summed E-state index contributed by atoms with van der Waals surface area (Å²) in [6, 6.07) is 6.74. The fraction of sp³-hybridized carbons (Fsp3) is 0.364. The fourth-order valence-electron chi connectivity index (χ4n) is 1.46. The standard InChI is InChI=1S/C11H14N2O2S/c12-6-8-7(2-1-3-9(8)13)11(15)10(14)4-5-16/h1-3,10-11,14-16H,4-5,13H2. The molecule has 0 radical (unpaired) electrons. The van der Waals surface area contributed by atoms with Crippen molar-refractivity contribution >= 4 is 18.3 Å². The molecule has 0 saturated heterocycles. The van der Waals surface area contributed by atoms with Gasteiger partial charge in [0.05, 0.1) is 11.7 Å². The van der Waals surface area contributed by atoms with Crippen LogP contribution >= 0.6 is 12.6 Å². The molecule has 1 aromatic carbocycles. The number of thiol groups is 1. The first-order chi connectivity index (χ1) is 7.61. The van der Waals surface area contributed by atoms with E-state index in [0.29, 0.717) is 23.4 Å². The topological polar surface area (TPSA) is 90.3 Å². The predicted molar refractivity (Wildman–Crippen MR) is 65.0 cm³/mol. The van der Waals surface area contributed by atoms with Gasteiger partial charge in [-0.05, 0) is 18.2 Å². The zero-order valence-electron chi connectivity index (χ0n) is 8.67. The maximum absolute atomic E-state index is 9.87. The third kappa shape index (κ3) is 2.67. The largest absolute Gasteiger partial charge is 0.398 e. The SMILES string of the molecule is N#Cc1c(N)cccc1C(O)C(O)CCS. The average Bonchev–Trinajstić information content (AvgIpc) is 2.28. The molecule has 2 atom stereocenters. The molecule has 0 aromatic heterocycles. The predicted octanol–water partition coefficient (Wildman–Crippen LogP) is 0.855. The number of aliphatic hydroxyl groups is 2. The number of hydrogen-bond acceptors (Lipinski definition) is 5. The fourth-order valence-corrected chi connectivity index (χ4v) is 1.73. The van der Waals surface area contributed by atoms with Gasteiger partial charge in [-0.3, -0.25) is 0 Å². The number of benzene rings is 1. The normalized spacial score (nSPS) is 14.1. The number of nitrogens with zero attached hydrogens (tertiary/aromatic N) is 1. The van der Waals surface area contributed by atoms with Gasteiger partial charge in [0.25, 0.3) is 0 Å². The molecule has 16 heavy (non-hydrogen) atoms. The van der Waals surface area contributed by atoms with E-state index in [2.05, 4.69) is 12.6 Å². The van der Waals surface area contributed by atoms with E-state index in [-0.39, 0.29) is 5.56 Å². The second kappa shape index (κ2) is 5.75. The van der Waals surface area contributed by atoms with Crippen molar-refractivity contribution in [2.75, 3.05) is 11.5 Å². The molecule has 0 aliphatic carbocycles. The molecule has 2 unspecified atom stereocenters. The first-order valence-corrected chi connectivity index (χ1v) is 5.50. The van der Waals surface area contributed by atoms with E-state index in [9.17, 15) is 10.2 Å². The molecule has 0 saturated carbocycles. The number of anilines is 1. The van der Waals surface area contributed by atoms with Gasteiger partial charge in [0.15, 0.2) is 0 Å². The van der Waals surface area contributed by atoms with Crippen LogP contribution in [-0.4, -0.2) is 22.1 Å². The minimum Gasteiger partial charge on any atom is -0.398 e. The van der Waals surface area contributed by atoms with Crippen molar-refractivity contribution in [2.24, 2.45) is 0 Å².